The molecular weight excluding hydrogens is 338 g/mol. The standard InChI is InChI=1S/C20H26F2N2O2/c21-19(22)7-6-16(12-19)20(26,15-4-2-1-3-5-15)17(25)24-10-8-18(9-11-24)13-23-14-18/h1-5,16,23,26H,6-14H2. The van der Waals surface area contributed by atoms with Crippen LogP contribution in [0, 0.1) is 11.3 Å². The Balaban J connectivity index is 1.60. The molecule has 1 spiro atoms. The van der Waals surface area contributed by atoms with Gasteiger partial charge in [-0.05, 0) is 30.2 Å². The van der Waals surface area contributed by atoms with Crippen LogP contribution in [-0.2, 0) is 10.4 Å². The van der Waals surface area contributed by atoms with Gasteiger partial charge in [-0.25, -0.2) is 8.78 Å². The Kier molecular flexibility index (Phi) is 4.31. The predicted octanol–water partition coefficient (Wildman–Crippen LogP) is 2.52. The van der Waals surface area contributed by atoms with E-state index in [9.17, 15) is 18.7 Å². The predicted molar refractivity (Wildman–Crippen MR) is 93.7 cm³/mol. The van der Waals surface area contributed by atoms with Crippen LogP contribution in [0.1, 0.15) is 37.7 Å². The topological polar surface area (TPSA) is 52.6 Å². The number of likely N-dealkylation sites (tertiary alicyclic amines) is 1. The number of hydrogen-bond donors (Lipinski definition) is 2. The molecule has 0 bridgehead atoms. The molecule has 4 rings (SSSR count). The Bertz CT molecular complexity index is 668. The Morgan fingerprint density at radius 1 is 1.15 bits per heavy atom. The molecule has 2 atom stereocenters. The lowest BCUT2D eigenvalue weighted by atomic mass is 9.72. The van der Waals surface area contributed by atoms with Gasteiger partial charge in [0, 0.05) is 44.9 Å². The van der Waals surface area contributed by atoms with Gasteiger partial charge in [0.1, 0.15) is 0 Å². The zero-order valence-electron chi connectivity index (χ0n) is 14.9. The van der Waals surface area contributed by atoms with Gasteiger partial charge in [0.2, 0.25) is 5.92 Å². The lowest BCUT2D eigenvalue weighted by Gasteiger charge is -2.49. The number of carbonyl (C=O) groups is 1. The average molecular weight is 364 g/mol. The molecule has 3 aliphatic rings. The normalized spacial score (nSPS) is 29.2. The van der Waals surface area contributed by atoms with E-state index in [0.717, 1.165) is 25.9 Å². The van der Waals surface area contributed by atoms with E-state index < -0.39 is 29.8 Å². The van der Waals surface area contributed by atoms with E-state index in [0.29, 0.717) is 18.7 Å². The maximum absolute atomic E-state index is 13.9. The van der Waals surface area contributed by atoms with Crippen LogP contribution in [0.15, 0.2) is 30.3 Å². The summed E-state index contributed by atoms with van der Waals surface area (Å²) >= 11 is 0. The fourth-order valence-electron chi connectivity index (χ4n) is 4.79. The van der Waals surface area contributed by atoms with Crippen molar-refractivity contribution in [2.75, 3.05) is 26.2 Å². The third-order valence-electron chi connectivity index (χ3n) is 6.65. The number of alkyl halides is 2. The smallest absolute Gasteiger partial charge is 0.259 e. The Morgan fingerprint density at radius 2 is 1.81 bits per heavy atom. The SMILES string of the molecule is O=C(N1CCC2(CC1)CNC2)C(O)(c1ccccc1)C1CCC(F)(F)C1. The van der Waals surface area contributed by atoms with Gasteiger partial charge in [-0.1, -0.05) is 30.3 Å². The molecule has 0 aromatic heterocycles. The molecule has 2 N–H and O–H groups in total. The van der Waals surface area contributed by atoms with Crippen molar-refractivity contribution < 1.29 is 18.7 Å². The number of benzene rings is 1. The van der Waals surface area contributed by atoms with Crippen molar-refractivity contribution in [1.82, 2.24) is 10.2 Å². The van der Waals surface area contributed by atoms with E-state index in [4.69, 9.17) is 0 Å². The highest BCUT2D eigenvalue weighted by atomic mass is 19.3. The van der Waals surface area contributed by atoms with Crippen molar-refractivity contribution in [3.05, 3.63) is 35.9 Å². The number of aliphatic hydroxyl groups is 1. The van der Waals surface area contributed by atoms with Crippen LogP contribution in [0.2, 0.25) is 0 Å². The molecule has 4 nitrogen and oxygen atoms in total. The van der Waals surface area contributed by atoms with Crippen molar-refractivity contribution in [3.63, 3.8) is 0 Å². The third kappa shape index (κ3) is 2.93. The number of carbonyl (C=O) groups excluding carboxylic acids is 1. The van der Waals surface area contributed by atoms with Crippen molar-refractivity contribution in [1.29, 1.82) is 0 Å². The molecule has 2 aliphatic heterocycles. The second-order valence-electron chi connectivity index (χ2n) is 8.32. The van der Waals surface area contributed by atoms with Crippen LogP contribution in [0.3, 0.4) is 0 Å². The lowest BCUT2D eigenvalue weighted by Crippen LogP contribution is -2.61. The van der Waals surface area contributed by atoms with Gasteiger partial charge in [-0.15, -0.1) is 0 Å². The molecule has 1 amide bonds. The summed E-state index contributed by atoms with van der Waals surface area (Å²) in [7, 11) is 0. The van der Waals surface area contributed by atoms with Crippen LogP contribution in [-0.4, -0.2) is 48.0 Å². The number of halogens is 2. The highest BCUT2D eigenvalue weighted by molar-refractivity contribution is 5.87. The largest absolute Gasteiger partial charge is 0.375 e. The summed E-state index contributed by atoms with van der Waals surface area (Å²) in [6.07, 6.45) is 1.25. The van der Waals surface area contributed by atoms with Crippen LogP contribution in [0.5, 0.6) is 0 Å². The quantitative estimate of drug-likeness (QED) is 0.867. The zero-order chi connectivity index (χ0) is 18.4. The van der Waals surface area contributed by atoms with E-state index in [-0.39, 0.29) is 18.3 Å². The van der Waals surface area contributed by atoms with Crippen LogP contribution < -0.4 is 5.32 Å². The van der Waals surface area contributed by atoms with Crippen molar-refractivity contribution in [2.24, 2.45) is 11.3 Å². The molecule has 1 aliphatic carbocycles. The van der Waals surface area contributed by atoms with Gasteiger partial charge >= 0.3 is 0 Å². The highest BCUT2D eigenvalue weighted by Crippen LogP contribution is 2.48. The van der Waals surface area contributed by atoms with E-state index in [2.05, 4.69) is 5.32 Å². The first-order valence-electron chi connectivity index (χ1n) is 9.51. The molecule has 2 unspecified atom stereocenters. The number of amides is 1. The summed E-state index contributed by atoms with van der Waals surface area (Å²) in [4.78, 5) is 15.0. The second kappa shape index (κ2) is 6.27. The van der Waals surface area contributed by atoms with Crippen molar-refractivity contribution in [3.8, 4) is 0 Å². The summed E-state index contributed by atoms with van der Waals surface area (Å²) in [5.74, 6) is -3.97. The minimum absolute atomic E-state index is 0.159. The first-order valence-corrected chi connectivity index (χ1v) is 9.51. The minimum atomic E-state index is -2.81. The molecule has 6 heteroatoms. The molecule has 3 fully saturated rings. The van der Waals surface area contributed by atoms with E-state index in [1.807, 2.05) is 0 Å². The van der Waals surface area contributed by atoms with Gasteiger partial charge in [0.25, 0.3) is 5.91 Å². The maximum Gasteiger partial charge on any atom is 0.259 e. The Hall–Kier alpha value is -1.53. The highest BCUT2D eigenvalue weighted by Gasteiger charge is 2.55. The summed E-state index contributed by atoms with van der Waals surface area (Å²) in [5, 5.41) is 14.8. The molecule has 26 heavy (non-hydrogen) atoms. The van der Waals surface area contributed by atoms with Gasteiger partial charge in [0.05, 0.1) is 0 Å². The molecule has 1 aromatic carbocycles. The monoisotopic (exact) mass is 364 g/mol. The fourth-order valence-corrected chi connectivity index (χ4v) is 4.79. The maximum atomic E-state index is 13.9. The fraction of sp³-hybridized carbons (Fsp3) is 0.650. The second-order valence-corrected chi connectivity index (χ2v) is 8.32. The molecule has 2 saturated heterocycles. The van der Waals surface area contributed by atoms with Crippen molar-refractivity contribution in [2.45, 2.75) is 43.6 Å². The molecule has 1 aromatic rings. The van der Waals surface area contributed by atoms with Crippen LogP contribution >= 0.6 is 0 Å². The molecular formula is C20H26F2N2O2. The molecule has 142 valence electrons. The number of nitrogens with zero attached hydrogens (tertiary/aromatic N) is 1. The first kappa shape index (κ1) is 17.9. The van der Waals surface area contributed by atoms with Crippen molar-refractivity contribution >= 4 is 5.91 Å². The average Bonchev–Trinajstić information content (AvgIpc) is 3.00. The van der Waals surface area contributed by atoms with Gasteiger partial charge in [-0.3, -0.25) is 4.79 Å². The zero-order valence-corrected chi connectivity index (χ0v) is 14.9. The molecule has 2 heterocycles. The van der Waals surface area contributed by atoms with Crippen LogP contribution in [0.25, 0.3) is 0 Å². The number of piperidine rings is 1. The lowest BCUT2D eigenvalue weighted by molar-refractivity contribution is -0.163. The van der Waals surface area contributed by atoms with Gasteiger partial charge < -0.3 is 15.3 Å². The number of rotatable bonds is 3. The summed E-state index contributed by atoms with van der Waals surface area (Å²) in [6, 6.07) is 8.63. The van der Waals surface area contributed by atoms with E-state index in [1.165, 1.54) is 0 Å². The summed E-state index contributed by atoms with van der Waals surface area (Å²) in [5.41, 5.74) is -1.16. The summed E-state index contributed by atoms with van der Waals surface area (Å²) < 4.78 is 27.7. The number of nitrogens with one attached hydrogen (secondary N) is 1. The third-order valence-corrected chi connectivity index (χ3v) is 6.65. The van der Waals surface area contributed by atoms with Crippen LogP contribution in [0.4, 0.5) is 8.78 Å². The number of hydrogen-bond acceptors (Lipinski definition) is 3. The first-order chi connectivity index (χ1) is 12.3. The minimum Gasteiger partial charge on any atom is -0.375 e. The molecule has 1 saturated carbocycles. The van der Waals surface area contributed by atoms with Gasteiger partial charge in [-0.2, -0.15) is 0 Å². The van der Waals surface area contributed by atoms with E-state index in [1.54, 1.807) is 35.2 Å². The van der Waals surface area contributed by atoms with Gasteiger partial charge in [0.15, 0.2) is 5.60 Å². The Labute approximate surface area is 152 Å². The molecule has 0 radical (unpaired) electrons. The summed E-state index contributed by atoms with van der Waals surface area (Å²) in [6.45, 7) is 3.12. The van der Waals surface area contributed by atoms with E-state index >= 15 is 0 Å². The Morgan fingerprint density at radius 3 is 2.31 bits per heavy atom.